The zero-order chi connectivity index (χ0) is 7.56. The second kappa shape index (κ2) is 2.72. The molecule has 1 heterocycles. The second-order valence-corrected chi connectivity index (χ2v) is 2.11. The molecule has 4 heteroatoms. The third-order valence-electron chi connectivity index (χ3n) is 1.31. The number of aromatic amines is 1. The van der Waals surface area contributed by atoms with Crippen molar-refractivity contribution in [3.8, 4) is 5.88 Å². The van der Waals surface area contributed by atoms with E-state index in [1.807, 2.05) is 0 Å². The maximum absolute atomic E-state index is 8.80. The SMILES string of the molecule is N[C@H](CO)c1c[nH]c(O)c1. The molecule has 56 valence electrons. The highest BCUT2D eigenvalue weighted by Gasteiger charge is 2.05. The Balaban J connectivity index is 2.74. The summed E-state index contributed by atoms with van der Waals surface area (Å²) in [7, 11) is 0. The first-order chi connectivity index (χ1) is 4.74. The highest BCUT2D eigenvalue weighted by atomic mass is 16.3. The van der Waals surface area contributed by atoms with Gasteiger partial charge in [-0.15, -0.1) is 0 Å². The molecule has 0 saturated heterocycles. The molecule has 0 aliphatic heterocycles. The number of hydrogen-bond donors (Lipinski definition) is 4. The third kappa shape index (κ3) is 1.29. The number of H-pyrrole nitrogens is 1. The number of aromatic hydroxyl groups is 1. The summed E-state index contributed by atoms with van der Waals surface area (Å²) >= 11 is 0. The van der Waals surface area contributed by atoms with E-state index in [1.165, 1.54) is 6.07 Å². The van der Waals surface area contributed by atoms with Crippen molar-refractivity contribution in [2.75, 3.05) is 6.61 Å². The van der Waals surface area contributed by atoms with Crippen molar-refractivity contribution in [2.45, 2.75) is 6.04 Å². The van der Waals surface area contributed by atoms with Gasteiger partial charge in [0.15, 0.2) is 5.88 Å². The van der Waals surface area contributed by atoms with Crippen LogP contribution in [-0.4, -0.2) is 21.8 Å². The first kappa shape index (κ1) is 7.11. The van der Waals surface area contributed by atoms with E-state index < -0.39 is 6.04 Å². The van der Waals surface area contributed by atoms with E-state index in [9.17, 15) is 0 Å². The smallest absolute Gasteiger partial charge is 0.188 e. The van der Waals surface area contributed by atoms with E-state index in [4.69, 9.17) is 15.9 Å². The standard InChI is InChI=1S/C6H10N2O2/c7-5(3-9)4-1-6(10)8-2-4/h1-2,5,8-10H,3,7H2/t5-/m1/s1. The van der Waals surface area contributed by atoms with E-state index >= 15 is 0 Å². The van der Waals surface area contributed by atoms with Gasteiger partial charge in [0, 0.05) is 12.3 Å². The lowest BCUT2D eigenvalue weighted by atomic mass is 10.2. The van der Waals surface area contributed by atoms with E-state index in [2.05, 4.69) is 4.98 Å². The molecule has 0 unspecified atom stereocenters. The van der Waals surface area contributed by atoms with Crippen LogP contribution in [0.5, 0.6) is 5.88 Å². The first-order valence-corrected chi connectivity index (χ1v) is 2.97. The molecular formula is C6H10N2O2. The van der Waals surface area contributed by atoms with Gasteiger partial charge < -0.3 is 20.9 Å². The van der Waals surface area contributed by atoms with Crippen molar-refractivity contribution in [3.63, 3.8) is 0 Å². The summed E-state index contributed by atoms with van der Waals surface area (Å²) in [6, 6.07) is 1.08. The van der Waals surface area contributed by atoms with Crippen LogP contribution < -0.4 is 5.73 Å². The molecular weight excluding hydrogens is 132 g/mol. The van der Waals surface area contributed by atoms with E-state index in [0.717, 1.165) is 0 Å². The lowest BCUT2D eigenvalue weighted by Crippen LogP contribution is -2.13. The molecule has 0 aliphatic rings. The molecule has 1 aromatic rings. The van der Waals surface area contributed by atoms with Crippen molar-refractivity contribution in [2.24, 2.45) is 5.73 Å². The maximum Gasteiger partial charge on any atom is 0.188 e. The maximum atomic E-state index is 8.80. The van der Waals surface area contributed by atoms with Crippen LogP contribution in [0, 0.1) is 0 Å². The van der Waals surface area contributed by atoms with Gasteiger partial charge in [0.2, 0.25) is 0 Å². The molecule has 0 saturated carbocycles. The lowest BCUT2D eigenvalue weighted by Gasteiger charge is -2.02. The molecule has 0 spiro atoms. The molecule has 0 amide bonds. The number of nitrogens with two attached hydrogens (primary N) is 1. The van der Waals surface area contributed by atoms with Crippen LogP contribution in [0.4, 0.5) is 0 Å². The van der Waals surface area contributed by atoms with E-state index in [1.54, 1.807) is 6.20 Å². The van der Waals surface area contributed by atoms with Gasteiger partial charge in [-0.3, -0.25) is 0 Å². The van der Waals surface area contributed by atoms with Crippen LogP contribution in [0.15, 0.2) is 12.3 Å². The van der Waals surface area contributed by atoms with Gasteiger partial charge in [-0.1, -0.05) is 0 Å². The minimum atomic E-state index is -0.405. The quantitative estimate of drug-likeness (QED) is 0.458. The molecule has 1 aromatic heterocycles. The van der Waals surface area contributed by atoms with Gasteiger partial charge in [-0.05, 0) is 5.56 Å². The highest BCUT2D eigenvalue weighted by molar-refractivity contribution is 5.22. The normalized spacial score (nSPS) is 13.4. The van der Waals surface area contributed by atoms with E-state index in [-0.39, 0.29) is 12.5 Å². The van der Waals surface area contributed by atoms with Crippen molar-refractivity contribution in [1.82, 2.24) is 4.98 Å². The Morgan fingerprint density at radius 2 is 2.40 bits per heavy atom. The number of hydrogen-bond acceptors (Lipinski definition) is 3. The average molecular weight is 142 g/mol. The Hall–Kier alpha value is -1.00. The van der Waals surface area contributed by atoms with Gasteiger partial charge >= 0.3 is 0 Å². The monoisotopic (exact) mass is 142 g/mol. The van der Waals surface area contributed by atoms with Crippen LogP contribution in [-0.2, 0) is 0 Å². The Morgan fingerprint density at radius 3 is 2.80 bits per heavy atom. The predicted octanol–water partition coefficient (Wildman–Crippen LogP) is -0.288. The number of aliphatic hydroxyl groups is 1. The number of aliphatic hydroxyl groups excluding tert-OH is 1. The zero-order valence-electron chi connectivity index (χ0n) is 5.41. The van der Waals surface area contributed by atoms with Crippen LogP contribution in [0.3, 0.4) is 0 Å². The minimum Gasteiger partial charge on any atom is -0.495 e. The average Bonchev–Trinajstić information content (AvgIpc) is 2.34. The molecule has 0 aliphatic carbocycles. The van der Waals surface area contributed by atoms with Gasteiger partial charge in [0.05, 0.1) is 12.6 Å². The summed E-state index contributed by atoms with van der Waals surface area (Å²) in [6.45, 7) is -0.114. The van der Waals surface area contributed by atoms with Crippen LogP contribution in [0.25, 0.3) is 0 Å². The molecule has 0 aromatic carbocycles. The molecule has 4 nitrogen and oxygen atoms in total. The number of rotatable bonds is 2. The third-order valence-corrected chi connectivity index (χ3v) is 1.31. The summed E-state index contributed by atoms with van der Waals surface area (Å²) in [5.74, 6) is 0.0684. The lowest BCUT2D eigenvalue weighted by molar-refractivity contribution is 0.268. The van der Waals surface area contributed by atoms with Gasteiger partial charge in [0.25, 0.3) is 0 Å². The fourth-order valence-corrected chi connectivity index (χ4v) is 0.718. The molecule has 0 bridgehead atoms. The first-order valence-electron chi connectivity index (χ1n) is 2.97. The Morgan fingerprint density at radius 1 is 1.70 bits per heavy atom. The molecule has 0 fully saturated rings. The molecule has 0 radical (unpaired) electrons. The van der Waals surface area contributed by atoms with Gasteiger partial charge in [-0.2, -0.15) is 0 Å². The van der Waals surface area contributed by atoms with E-state index in [0.29, 0.717) is 5.56 Å². The fraction of sp³-hybridized carbons (Fsp3) is 0.333. The summed E-state index contributed by atoms with van der Waals surface area (Å²) < 4.78 is 0. The Labute approximate surface area is 58.3 Å². The van der Waals surface area contributed by atoms with Crippen molar-refractivity contribution >= 4 is 0 Å². The fourth-order valence-electron chi connectivity index (χ4n) is 0.718. The minimum absolute atomic E-state index is 0.0684. The van der Waals surface area contributed by atoms with Crippen molar-refractivity contribution in [3.05, 3.63) is 17.8 Å². The summed E-state index contributed by atoms with van der Waals surface area (Å²) in [5.41, 5.74) is 6.13. The number of aromatic nitrogens is 1. The molecule has 10 heavy (non-hydrogen) atoms. The number of nitrogens with one attached hydrogen (secondary N) is 1. The summed E-state index contributed by atoms with van der Waals surface area (Å²) in [5, 5.41) is 17.4. The van der Waals surface area contributed by atoms with Crippen LogP contribution >= 0.6 is 0 Å². The van der Waals surface area contributed by atoms with Gasteiger partial charge in [-0.25, -0.2) is 0 Å². The summed E-state index contributed by atoms with van der Waals surface area (Å²) in [4.78, 5) is 2.55. The zero-order valence-corrected chi connectivity index (χ0v) is 5.41. The highest BCUT2D eigenvalue weighted by Crippen LogP contribution is 2.14. The van der Waals surface area contributed by atoms with Crippen molar-refractivity contribution < 1.29 is 10.2 Å². The van der Waals surface area contributed by atoms with Crippen molar-refractivity contribution in [1.29, 1.82) is 0 Å². The topological polar surface area (TPSA) is 82.3 Å². The van der Waals surface area contributed by atoms with Gasteiger partial charge in [0.1, 0.15) is 0 Å². The largest absolute Gasteiger partial charge is 0.495 e. The molecule has 5 N–H and O–H groups in total. The summed E-state index contributed by atoms with van der Waals surface area (Å²) in [6.07, 6.45) is 1.57. The van der Waals surface area contributed by atoms with Crippen LogP contribution in [0.2, 0.25) is 0 Å². The molecule has 1 atom stereocenters. The Bertz CT molecular complexity index is 209. The predicted molar refractivity (Wildman–Crippen MR) is 36.5 cm³/mol. The Kier molecular flexibility index (Phi) is 1.94. The van der Waals surface area contributed by atoms with Crippen LogP contribution in [0.1, 0.15) is 11.6 Å². The molecule has 1 rings (SSSR count). The second-order valence-electron chi connectivity index (χ2n) is 2.11.